The van der Waals surface area contributed by atoms with Gasteiger partial charge in [-0.1, -0.05) is 6.92 Å². The maximum Gasteiger partial charge on any atom is 0.244 e. The monoisotopic (exact) mass is 285 g/mol. The smallest absolute Gasteiger partial charge is 0.244 e. The number of aromatic nitrogens is 2. The molecular weight excluding hydrogens is 262 g/mol. The zero-order valence-electron chi connectivity index (χ0n) is 12.1. The first-order chi connectivity index (χ1) is 9.79. The number of ether oxygens (including phenoxy) is 4. The standard InChI is InChI=1S/C13H23N3O4/c1-3-5-19-12-11(14)13(16-10-15-12)20-7-4-6-18-9-8-17-2/h10H,3-9,14H2,1-2H3. The van der Waals surface area contributed by atoms with Gasteiger partial charge in [0, 0.05) is 20.1 Å². The number of nitrogens with two attached hydrogens (primary N) is 1. The summed E-state index contributed by atoms with van der Waals surface area (Å²) in [6.45, 7) is 4.83. The highest BCUT2D eigenvalue weighted by molar-refractivity contribution is 5.55. The Kier molecular flexibility index (Phi) is 8.41. The second-order valence-corrected chi connectivity index (χ2v) is 4.05. The van der Waals surface area contributed by atoms with Gasteiger partial charge in [-0.25, -0.2) is 0 Å². The van der Waals surface area contributed by atoms with Gasteiger partial charge in [0.2, 0.25) is 11.8 Å². The Bertz CT molecular complexity index is 377. The molecule has 0 aliphatic rings. The molecule has 0 saturated carbocycles. The van der Waals surface area contributed by atoms with Crippen molar-refractivity contribution < 1.29 is 18.9 Å². The first-order valence-corrected chi connectivity index (χ1v) is 6.72. The van der Waals surface area contributed by atoms with Crippen molar-refractivity contribution in [1.29, 1.82) is 0 Å². The topological polar surface area (TPSA) is 88.7 Å². The maximum absolute atomic E-state index is 5.88. The van der Waals surface area contributed by atoms with E-state index in [0.29, 0.717) is 50.5 Å². The fraction of sp³-hybridized carbons (Fsp3) is 0.692. The molecule has 0 amide bonds. The molecule has 7 heteroatoms. The lowest BCUT2D eigenvalue weighted by atomic mass is 10.4. The van der Waals surface area contributed by atoms with Gasteiger partial charge in [-0.05, 0) is 6.42 Å². The molecule has 0 radical (unpaired) electrons. The van der Waals surface area contributed by atoms with E-state index in [1.54, 1.807) is 7.11 Å². The molecule has 2 N–H and O–H groups in total. The molecule has 0 saturated heterocycles. The summed E-state index contributed by atoms with van der Waals surface area (Å²) >= 11 is 0. The van der Waals surface area contributed by atoms with Crippen molar-refractivity contribution in [3.63, 3.8) is 0 Å². The minimum absolute atomic E-state index is 0.334. The molecule has 0 fully saturated rings. The molecule has 0 bridgehead atoms. The van der Waals surface area contributed by atoms with Gasteiger partial charge >= 0.3 is 0 Å². The van der Waals surface area contributed by atoms with Gasteiger partial charge < -0.3 is 24.7 Å². The van der Waals surface area contributed by atoms with Crippen molar-refractivity contribution in [3.8, 4) is 11.8 Å². The highest BCUT2D eigenvalue weighted by atomic mass is 16.5. The number of nitrogens with zero attached hydrogens (tertiary/aromatic N) is 2. The number of hydrogen-bond donors (Lipinski definition) is 1. The van der Waals surface area contributed by atoms with Crippen LogP contribution in [0.25, 0.3) is 0 Å². The van der Waals surface area contributed by atoms with Crippen LogP contribution in [0.1, 0.15) is 19.8 Å². The quantitative estimate of drug-likeness (QED) is 0.612. The minimum Gasteiger partial charge on any atom is -0.476 e. The van der Waals surface area contributed by atoms with Crippen molar-refractivity contribution in [1.82, 2.24) is 9.97 Å². The molecule has 1 heterocycles. The predicted molar refractivity (Wildman–Crippen MR) is 75.0 cm³/mol. The van der Waals surface area contributed by atoms with E-state index in [1.807, 2.05) is 6.92 Å². The fourth-order valence-electron chi connectivity index (χ4n) is 1.37. The van der Waals surface area contributed by atoms with E-state index in [2.05, 4.69) is 9.97 Å². The van der Waals surface area contributed by atoms with Gasteiger partial charge in [0.15, 0.2) is 5.69 Å². The van der Waals surface area contributed by atoms with Crippen molar-refractivity contribution in [2.45, 2.75) is 19.8 Å². The Morgan fingerprint density at radius 2 is 1.70 bits per heavy atom. The molecule has 0 unspecified atom stereocenters. The molecule has 0 aliphatic heterocycles. The van der Waals surface area contributed by atoms with Crippen LogP contribution in [0.3, 0.4) is 0 Å². The van der Waals surface area contributed by atoms with Gasteiger partial charge in [-0.15, -0.1) is 0 Å². The second-order valence-electron chi connectivity index (χ2n) is 4.05. The molecule has 0 aliphatic carbocycles. The number of nitrogen functional groups attached to an aromatic ring is 1. The Morgan fingerprint density at radius 1 is 1.00 bits per heavy atom. The van der Waals surface area contributed by atoms with E-state index in [0.717, 1.165) is 12.8 Å². The van der Waals surface area contributed by atoms with Crippen LogP contribution in [-0.4, -0.2) is 50.1 Å². The van der Waals surface area contributed by atoms with Gasteiger partial charge in [0.25, 0.3) is 0 Å². The number of anilines is 1. The van der Waals surface area contributed by atoms with Gasteiger partial charge in [0.05, 0.1) is 26.4 Å². The van der Waals surface area contributed by atoms with Crippen LogP contribution in [0.4, 0.5) is 5.69 Å². The molecule has 1 aromatic heterocycles. The lowest BCUT2D eigenvalue weighted by molar-refractivity contribution is 0.0642. The van der Waals surface area contributed by atoms with Crippen LogP contribution < -0.4 is 15.2 Å². The summed E-state index contributed by atoms with van der Waals surface area (Å²) in [5.74, 6) is 0.719. The van der Waals surface area contributed by atoms with E-state index in [4.69, 9.17) is 24.7 Å². The first kappa shape index (κ1) is 16.5. The molecule has 20 heavy (non-hydrogen) atoms. The van der Waals surface area contributed by atoms with E-state index >= 15 is 0 Å². The lowest BCUT2D eigenvalue weighted by Crippen LogP contribution is -2.09. The summed E-state index contributed by atoms with van der Waals surface area (Å²) in [6.07, 6.45) is 3.02. The average Bonchev–Trinajstić information content (AvgIpc) is 2.46. The SMILES string of the molecule is CCCOc1ncnc(OCCCOCCOC)c1N. The summed E-state index contributed by atoms with van der Waals surface area (Å²) in [4.78, 5) is 7.97. The van der Waals surface area contributed by atoms with Crippen molar-refractivity contribution >= 4 is 5.69 Å². The van der Waals surface area contributed by atoms with Gasteiger partial charge in [0.1, 0.15) is 6.33 Å². The molecule has 7 nitrogen and oxygen atoms in total. The summed E-state index contributed by atoms with van der Waals surface area (Å²) < 4.78 is 21.1. The van der Waals surface area contributed by atoms with Crippen LogP contribution in [0.2, 0.25) is 0 Å². The van der Waals surface area contributed by atoms with Crippen molar-refractivity contribution in [3.05, 3.63) is 6.33 Å². The zero-order valence-corrected chi connectivity index (χ0v) is 12.1. The third kappa shape index (κ3) is 6.03. The molecule has 0 aromatic carbocycles. The number of hydrogen-bond acceptors (Lipinski definition) is 7. The molecule has 1 aromatic rings. The predicted octanol–water partition coefficient (Wildman–Crippen LogP) is 1.28. The zero-order chi connectivity index (χ0) is 14.6. The van der Waals surface area contributed by atoms with Crippen molar-refractivity contribution in [2.24, 2.45) is 0 Å². The van der Waals surface area contributed by atoms with E-state index in [1.165, 1.54) is 6.33 Å². The summed E-state index contributed by atoms with van der Waals surface area (Å²) in [5.41, 5.74) is 6.22. The van der Waals surface area contributed by atoms with Crippen LogP contribution in [0.5, 0.6) is 11.8 Å². The van der Waals surface area contributed by atoms with E-state index < -0.39 is 0 Å². The Morgan fingerprint density at radius 3 is 2.35 bits per heavy atom. The van der Waals surface area contributed by atoms with Crippen LogP contribution >= 0.6 is 0 Å². The molecular formula is C13H23N3O4. The molecule has 114 valence electrons. The van der Waals surface area contributed by atoms with Crippen LogP contribution in [0.15, 0.2) is 6.33 Å². The van der Waals surface area contributed by atoms with E-state index in [-0.39, 0.29) is 0 Å². The van der Waals surface area contributed by atoms with Crippen molar-refractivity contribution in [2.75, 3.05) is 45.9 Å². The van der Waals surface area contributed by atoms with Gasteiger partial charge in [-0.2, -0.15) is 9.97 Å². The third-order valence-corrected chi connectivity index (χ3v) is 2.36. The minimum atomic E-state index is 0.334. The molecule has 0 atom stereocenters. The van der Waals surface area contributed by atoms with E-state index in [9.17, 15) is 0 Å². The Labute approximate surface area is 119 Å². The number of methoxy groups -OCH3 is 1. The Hall–Kier alpha value is -1.60. The van der Waals surface area contributed by atoms with Crippen LogP contribution in [0, 0.1) is 0 Å². The summed E-state index contributed by atoms with van der Waals surface area (Å²) in [6, 6.07) is 0. The van der Waals surface area contributed by atoms with Crippen LogP contribution in [-0.2, 0) is 9.47 Å². The molecule has 1 rings (SSSR count). The first-order valence-electron chi connectivity index (χ1n) is 6.72. The number of rotatable bonds is 11. The second kappa shape index (κ2) is 10.2. The summed E-state index contributed by atoms with van der Waals surface area (Å²) in [5, 5.41) is 0. The third-order valence-electron chi connectivity index (χ3n) is 2.36. The largest absolute Gasteiger partial charge is 0.476 e. The summed E-state index contributed by atoms with van der Waals surface area (Å²) in [7, 11) is 1.64. The maximum atomic E-state index is 5.88. The lowest BCUT2D eigenvalue weighted by Gasteiger charge is -2.10. The Balaban J connectivity index is 2.29. The fourth-order valence-corrected chi connectivity index (χ4v) is 1.37. The highest BCUT2D eigenvalue weighted by Crippen LogP contribution is 2.26. The van der Waals surface area contributed by atoms with Gasteiger partial charge in [-0.3, -0.25) is 0 Å². The molecule has 0 spiro atoms. The highest BCUT2D eigenvalue weighted by Gasteiger charge is 2.10. The average molecular weight is 285 g/mol. The normalized spacial score (nSPS) is 10.5.